The molecule has 0 atom stereocenters. The number of hydrogen-bond acceptors (Lipinski definition) is 0. The molecule has 1 aromatic rings. The van der Waals surface area contributed by atoms with Gasteiger partial charge in [-0.2, -0.15) is 0 Å². The van der Waals surface area contributed by atoms with Gasteiger partial charge in [-0.05, 0) is 23.8 Å². The molecule has 0 amide bonds. The quantitative estimate of drug-likeness (QED) is 0.653. The van der Waals surface area contributed by atoms with Gasteiger partial charge in [-0.25, -0.2) is 4.39 Å². The maximum Gasteiger partial charge on any atom is 0.0872 e. The molecule has 0 bridgehead atoms. The van der Waals surface area contributed by atoms with E-state index in [2.05, 4.69) is 15.9 Å². The van der Waals surface area contributed by atoms with Gasteiger partial charge in [-0.15, -0.1) is 0 Å². The van der Waals surface area contributed by atoms with E-state index in [0.717, 1.165) is 10.0 Å². The number of halogens is 2. The molecule has 0 aliphatic carbocycles. The molecule has 0 unspecified atom stereocenters. The highest BCUT2D eigenvalue weighted by molar-refractivity contribution is 9.10. The third kappa shape index (κ3) is 1.95. The molecule has 0 saturated heterocycles. The Bertz CT molecular complexity index is 226. The van der Waals surface area contributed by atoms with Crippen molar-refractivity contribution in [1.29, 1.82) is 0 Å². The highest BCUT2D eigenvalue weighted by Crippen LogP contribution is 2.11. The van der Waals surface area contributed by atoms with E-state index < -0.39 is 0 Å². The van der Waals surface area contributed by atoms with Crippen molar-refractivity contribution in [2.75, 3.05) is 0 Å². The minimum absolute atomic E-state index is 0.531. The second kappa shape index (κ2) is 3.52. The Morgan fingerprint density at radius 1 is 1.20 bits per heavy atom. The molecule has 52 valence electrons. The fraction of sp³-hybridized carbons (Fsp3) is 0. The van der Waals surface area contributed by atoms with Crippen LogP contribution in [0.5, 0.6) is 0 Å². The van der Waals surface area contributed by atoms with Crippen LogP contribution in [-0.2, 0) is 0 Å². The fourth-order valence-electron chi connectivity index (χ4n) is 0.647. The summed E-state index contributed by atoms with van der Waals surface area (Å²) in [5, 5.41) is 0. The van der Waals surface area contributed by atoms with Crippen LogP contribution in [0.3, 0.4) is 0 Å². The lowest BCUT2D eigenvalue weighted by molar-refractivity contribution is 0.727. The highest BCUT2D eigenvalue weighted by atomic mass is 79.9. The van der Waals surface area contributed by atoms with E-state index in [4.69, 9.17) is 0 Å². The maximum absolute atomic E-state index is 11.6. The normalized spacial score (nSPS) is 10.6. The summed E-state index contributed by atoms with van der Waals surface area (Å²) >= 11 is 3.28. The van der Waals surface area contributed by atoms with E-state index in [0.29, 0.717) is 6.33 Å². The van der Waals surface area contributed by atoms with Crippen molar-refractivity contribution in [2.45, 2.75) is 0 Å². The van der Waals surface area contributed by atoms with Crippen molar-refractivity contribution < 1.29 is 4.39 Å². The molecular formula is C8H6BrF. The van der Waals surface area contributed by atoms with Crippen LogP contribution in [0.25, 0.3) is 6.08 Å². The van der Waals surface area contributed by atoms with Crippen LogP contribution in [0.2, 0.25) is 0 Å². The summed E-state index contributed by atoms with van der Waals surface area (Å²) in [7, 11) is 0. The van der Waals surface area contributed by atoms with Crippen LogP contribution in [0.1, 0.15) is 5.56 Å². The monoisotopic (exact) mass is 200 g/mol. The van der Waals surface area contributed by atoms with Crippen LogP contribution in [-0.4, -0.2) is 0 Å². The second-order valence-electron chi connectivity index (χ2n) is 1.84. The standard InChI is InChI=1S/C8H6BrF/c9-8-3-1-7(2-4-8)5-6-10/h1-6H/b6-5+. The third-order valence-electron chi connectivity index (χ3n) is 1.13. The van der Waals surface area contributed by atoms with Crippen LogP contribution in [0, 0.1) is 0 Å². The van der Waals surface area contributed by atoms with Crippen molar-refractivity contribution in [2.24, 2.45) is 0 Å². The fourth-order valence-corrected chi connectivity index (χ4v) is 0.911. The molecule has 0 N–H and O–H groups in total. The van der Waals surface area contributed by atoms with Gasteiger partial charge in [-0.3, -0.25) is 0 Å². The molecule has 2 heteroatoms. The zero-order valence-corrected chi connectivity index (χ0v) is 6.81. The molecule has 1 aromatic carbocycles. The van der Waals surface area contributed by atoms with E-state index in [1.54, 1.807) is 0 Å². The van der Waals surface area contributed by atoms with E-state index in [1.165, 1.54) is 6.08 Å². The van der Waals surface area contributed by atoms with Crippen molar-refractivity contribution in [3.8, 4) is 0 Å². The lowest BCUT2D eigenvalue weighted by atomic mass is 10.2. The van der Waals surface area contributed by atoms with E-state index >= 15 is 0 Å². The molecule has 0 saturated carbocycles. The van der Waals surface area contributed by atoms with Gasteiger partial charge in [0, 0.05) is 4.47 Å². The molecule has 1 rings (SSSR count). The Morgan fingerprint density at radius 2 is 1.80 bits per heavy atom. The van der Waals surface area contributed by atoms with Crippen molar-refractivity contribution in [1.82, 2.24) is 0 Å². The second-order valence-corrected chi connectivity index (χ2v) is 2.76. The molecule has 0 aromatic heterocycles. The molecule has 0 radical (unpaired) electrons. The summed E-state index contributed by atoms with van der Waals surface area (Å²) < 4.78 is 12.6. The van der Waals surface area contributed by atoms with Crippen molar-refractivity contribution in [3.05, 3.63) is 40.6 Å². The van der Waals surface area contributed by atoms with Crippen LogP contribution in [0.15, 0.2) is 35.1 Å². The predicted molar refractivity (Wildman–Crippen MR) is 44.3 cm³/mol. The third-order valence-corrected chi connectivity index (χ3v) is 1.65. The number of hydrogen-bond donors (Lipinski definition) is 0. The topological polar surface area (TPSA) is 0 Å². The summed E-state index contributed by atoms with van der Waals surface area (Å²) in [6.07, 6.45) is 1.94. The van der Waals surface area contributed by atoms with Gasteiger partial charge in [0.15, 0.2) is 0 Å². The Labute approximate surface area is 67.5 Å². The molecule has 0 spiro atoms. The van der Waals surface area contributed by atoms with Crippen LogP contribution < -0.4 is 0 Å². The van der Waals surface area contributed by atoms with Gasteiger partial charge >= 0.3 is 0 Å². The van der Waals surface area contributed by atoms with E-state index in [1.807, 2.05) is 24.3 Å². The summed E-state index contributed by atoms with van der Waals surface area (Å²) in [4.78, 5) is 0. The van der Waals surface area contributed by atoms with Crippen molar-refractivity contribution >= 4 is 22.0 Å². The first-order valence-electron chi connectivity index (χ1n) is 2.85. The van der Waals surface area contributed by atoms with Crippen LogP contribution >= 0.6 is 15.9 Å². The SMILES string of the molecule is F/C=C/c1ccc(Br)cc1. The molecule has 0 nitrogen and oxygen atoms in total. The minimum atomic E-state index is 0.531. The largest absolute Gasteiger partial charge is 0.216 e. The molecule has 0 fully saturated rings. The average molecular weight is 201 g/mol. The molecule has 0 heterocycles. The summed E-state index contributed by atoms with van der Waals surface area (Å²) in [6.45, 7) is 0. The summed E-state index contributed by atoms with van der Waals surface area (Å²) in [5.74, 6) is 0. The minimum Gasteiger partial charge on any atom is -0.216 e. The smallest absolute Gasteiger partial charge is 0.0872 e. The Kier molecular flexibility index (Phi) is 2.63. The Balaban J connectivity index is 2.89. The molecule has 0 aliphatic rings. The Morgan fingerprint density at radius 3 is 2.30 bits per heavy atom. The number of rotatable bonds is 1. The Hall–Kier alpha value is -0.630. The summed E-state index contributed by atoms with van der Waals surface area (Å²) in [6, 6.07) is 7.41. The van der Waals surface area contributed by atoms with Gasteiger partial charge in [0.2, 0.25) is 0 Å². The first kappa shape index (κ1) is 7.48. The average Bonchev–Trinajstić information content (AvgIpc) is 1.95. The maximum atomic E-state index is 11.6. The van der Waals surface area contributed by atoms with Gasteiger partial charge in [0.1, 0.15) is 0 Å². The lowest BCUT2D eigenvalue weighted by Crippen LogP contribution is -1.68. The van der Waals surface area contributed by atoms with E-state index in [-0.39, 0.29) is 0 Å². The van der Waals surface area contributed by atoms with Gasteiger partial charge in [-0.1, -0.05) is 28.1 Å². The molecular weight excluding hydrogens is 195 g/mol. The summed E-state index contributed by atoms with van der Waals surface area (Å²) in [5.41, 5.74) is 0.866. The van der Waals surface area contributed by atoms with Gasteiger partial charge in [0.05, 0.1) is 6.33 Å². The highest BCUT2D eigenvalue weighted by Gasteiger charge is 1.85. The molecule has 0 aliphatic heterocycles. The van der Waals surface area contributed by atoms with Crippen molar-refractivity contribution in [3.63, 3.8) is 0 Å². The number of benzene rings is 1. The zero-order chi connectivity index (χ0) is 7.40. The first-order chi connectivity index (χ1) is 4.83. The van der Waals surface area contributed by atoms with E-state index in [9.17, 15) is 4.39 Å². The lowest BCUT2D eigenvalue weighted by Gasteiger charge is -1.90. The van der Waals surface area contributed by atoms with Gasteiger partial charge in [0.25, 0.3) is 0 Å². The molecule has 10 heavy (non-hydrogen) atoms. The predicted octanol–water partition coefficient (Wildman–Crippen LogP) is 3.39. The zero-order valence-electron chi connectivity index (χ0n) is 5.22. The van der Waals surface area contributed by atoms with Gasteiger partial charge < -0.3 is 0 Å². The first-order valence-corrected chi connectivity index (χ1v) is 3.64. The van der Waals surface area contributed by atoms with Crippen LogP contribution in [0.4, 0.5) is 4.39 Å².